The number of hydrogen-bond donors (Lipinski definition) is 1. The lowest BCUT2D eigenvalue weighted by molar-refractivity contribution is -0.137. The summed E-state index contributed by atoms with van der Waals surface area (Å²) in [7, 11) is 0. The van der Waals surface area contributed by atoms with E-state index in [1.54, 1.807) is 6.20 Å². The van der Waals surface area contributed by atoms with Gasteiger partial charge >= 0.3 is 6.18 Å². The lowest BCUT2D eigenvalue weighted by Crippen LogP contribution is -2.21. The zero-order chi connectivity index (χ0) is 13.3. The van der Waals surface area contributed by atoms with Crippen molar-refractivity contribution in [2.45, 2.75) is 32.6 Å². The summed E-state index contributed by atoms with van der Waals surface area (Å²) < 4.78 is 39.0. The SMILES string of the molecule is CC(C)NCc1cn2cc(C(F)(F)F)ccc2n1. The largest absolute Gasteiger partial charge is 0.417 e. The lowest BCUT2D eigenvalue weighted by Gasteiger charge is -2.05. The molecule has 0 radical (unpaired) electrons. The second kappa shape index (κ2) is 4.61. The topological polar surface area (TPSA) is 29.3 Å². The Hall–Kier alpha value is -1.56. The van der Waals surface area contributed by atoms with Crippen molar-refractivity contribution in [1.29, 1.82) is 0 Å². The Kier molecular flexibility index (Phi) is 3.30. The molecule has 0 amide bonds. The molecule has 2 aromatic rings. The molecule has 1 N–H and O–H groups in total. The van der Waals surface area contributed by atoms with Crippen LogP contribution in [0.4, 0.5) is 13.2 Å². The van der Waals surface area contributed by atoms with Crippen LogP contribution in [-0.4, -0.2) is 15.4 Å². The predicted octanol–water partition coefficient (Wildman–Crippen LogP) is 2.85. The molecule has 0 unspecified atom stereocenters. The summed E-state index contributed by atoms with van der Waals surface area (Å²) in [6.07, 6.45) is -1.66. The highest BCUT2D eigenvalue weighted by atomic mass is 19.4. The number of nitrogens with zero attached hydrogens (tertiary/aromatic N) is 2. The average molecular weight is 257 g/mol. The fourth-order valence-corrected chi connectivity index (χ4v) is 1.61. The van der Waals surface area contributed by atoms with Crippen molar-refractivity contribution < 1.29 is 13.2 Å². The van der Waals surface area contributed by atoms with Gasteiger partial charge in [0.2, 0.25) is 0 Å². The minimum absolute atomic E-state index is 0.306. The number of alkyl halides is 3. The summed E-state index contributed by atoms with van der Waals surface area (Å²) in [5, 5.41) is 3.17. The predicted molar refractivity (Wildman–Crippen MR) is 62.2 cm³/mol. The van der Waals surface area contributed by atoms with Crippen molar-refractivity contribution in [3.8, 4) is 0 Å². The average Bonchev–Trinajstić information content (AvgIpc) is 2.66. The molecule has 0 aliphatic heterocycles. The van der Waals surface area contributed by atoms with Crippen LogP contribution in [0.15, 0.2) is 24.5 Å². The Bertz CT molecular complexity index is 543. The molecule has 98 valence electrons. The van der Waals surface area contributed by atoms with E-state index in [9.17, 15) is 13.2 Å². The van der Waals surface area contributed by atoms with Crippen molar-refractivity contribution in [1.82, 2.24) is 14.7 Å². The molecule has 0 aliphatic carbocycles. The van der Waals surface area contributed by atoms with Crippen LogP contribution in [0.2, 0.25) is 0 Å². The molecule has 0 aromatic carbocycles. The number of aromatic nitrogens is 2. The number of hydrogen-bond acceptors (Lipinski definition) is 2. The molecule has 6 heteroatoms. The molecule has 2 rings (SSSR count). The number of fused-ring (bicyclic) bond motifs is 1. The van der Waals surface area contributed by atoms with E-state index in [2.05, 4.69) is 10.3 Å². The second-order valence-corrected chi connectivity index (χ2v) is 4.45. The van der Waals surface area contributed by atoms with Crippen LogP contribution >= 0.6 is 0 Å². The van der Waals surface area contributed by atoms with Gasteiger partial charge in [0.25, 0.3) is 0 Å². The highest BCUT2D eigenvalue weighted by Gasteiger charge is 2.30. The zero-order valence-electron chi connectivity index (χ0n) is 10.1. The summed E-state index contributed by atoms with van der Waals surface area (Å²) >= 11 is 0. The number of nitrogens with one attached hydrogen (secondary N) is 1. The highest BCUT2D eigenvalue weighted by molar-refractivity contribution is 5.42. The summed E-state index contributed by atoms with van der Waals surface area (Å²) in [5.41, 5.74) is 0.572. The minimum Gasteiger partial charge on any atom is -0.309 e. The molecule has 18 heavy (non-hydrogen) atoms. The lowest BCUT2D eigenvalue weighted by atomic mass is 10.3. The molecule has 0 fully saturated rings. The van der Waals surface area contributed by atoms with Gasteiger partial charge < -0.3 is 9.72 Å². The van der Waals surface area contributed by atoms with Crippen LogP contribution in [0.5, 0.6) is 0 Å². The number of halogens is 3. The van der Waals surface area contributed by atoms with Gasteiger partial charge in [-0.2, -0.15) is 13.2 Å². The summed E-state index contributed by atoms with van der Waals surface area (Å²) in [4.78, 5) is 4.24. The first-order valence-corrected chi connectivity index (χ1v) is 5.64. The molecule has 0 atom stereocenters. The third-order valence-corrected chi connectivity index (χ3v) is 2.52. The van der Waals surface area contributed by atoms with Crippen LogP contribution in [-0.2, 0) is 12.7 Å². The first kappa shape index (κ1) is 12.9. The molecule has 0 bridgehead atoms. The first-order chi connectivity index (χ1) is 8.36. The number of pyridine rings is 1. The van der Waals surface area contributed by atoms with Gasteiger partial charge in [0.05, 0.1) is 11.3 Å². The van der Waals surface area contributed by atoms with Gasteiger partial charge in [-0.3, -0.25) is 0 Å². The van der Waals surface area contributed by atoms with Gasteiger partial charge in [-0.1, -0.05) is 13.8 Å². The Morgan fingerprint density at radius 3 is 2.61 bits per heavy atom. The van der Waals surface area contributed by atoms with E-state index in [-0.39, 0.29) is 0 Å². The summed E-state index contributed by atoms with van der Waals surface area (Å²) in [6, 6.07) is 2.73. The monoisotopic (exact) mass is 257 g/mol. The second-order valence-electron chi connectivity index (χ2n) is 4.45. The molecule has 0 saturated heterocycles. The van der Waals surface area contributed by atoms with E-state index in [0.29, 0.717) is 18.2 Å². The van der Waals surface area contributed by atoms with E-state index < -0.39 is 11.7 Å². The highest BCUT2D eigenvalue weighted by Crippen LogP contribution is 2.29. The van der Waals surface area contributed by atoms with Gasteiger partial charge in [0, 0.05) is 25.0 Å². The number of imidazole rings is 1. The van der Waals surface area contributed by atoms with Crippen LogP contribution in [0.25, 0.3) is 5.65 Å². The van der Waals surface area contributed by atoms with Gasteiger partial charge in [0.1, 0.15) is 5.65 Å². The molecule has 2 heterocycles. The van der Waals surface area contributed by atoms with Gasteiger partial charge in [0.15, 0.2) is 0 Å². The Balaban J connectivity index is 2.28. The fraction of sp³-hybridized carbons (Fsp3) is 0.417. The maximum Gasteiger partial charge on any atom is 0.417 e. The van der Waals surface area contributed by atoms with Crippen molar-refractivity contribution in [3.63, 3.8) is 0 Å². The van der Waals surface area contributed by atoms with Crippen LogP contribution in [0.3, 0.4) is 0 Å². The quantitative estimate of drug-likeness (QED) is 0.916. The van der Waals surface area contributed by atoms with E-state index in [1.165, 1.54) is 10.5 Å². The van der Waals surface area contributed by atoms with E-state index in [1.807, 2.05) is 13.8 Å². The first-order valence-electron chi connectivity index (χ1n) is 5.64. The van der Waals surface area contributed by atoms with Crippen LogP contribution in [0.1, 0.15) is 25.1 Å². The Labute approximate surface area is 103 Å². The third kappa shape index (κ3) is 2.81. The van der Waals surface area contributed by atoms with Crippen LogP contribution in [0, 0.1) is 0 Å². The minimum atomic E-state index is -4.32. The van der Waals surface area contributed by atoms with Crippen molar-refractivity contribution in [2.75, 3.05) is 0 Å². The smallest absolute Gasteiger partial charge is 0.309 e. The van der Waals surface area contributed by atoms with E-state index in [0.717, 1.165) is 18.0 Å². The Morgan fingerprint density at radius 1 is 1.28 bits per heavy atom. The van der Waals surface area contributed by atoms with Crippen LogP contribution < -0.4 is 5.32 Å². The maximum atomic E-state index is 12.5. The van der Waals surface area contributed by atoms with Crippen molar-refractivity contribution in [2.24, 2.45) is 0 Å². The maximum absolute atomic E-state index is 12.5. The molecule has 0 saturated carbocycles. The fourth-order valence-electron chi connectivity index (χ4n) is 1.61. The van der Waals surface area contributed by atoms with E-state index in [4.69, 9.17) is 0 Å². The van der Waals surface area contributed by atoms with Gasteiger partial charge in [-0.15, -0.1) is 0 Å². The summed E-state index contributed by atoms with van der Waals surface area (Å²) in [5.74, 6) is 0. The van der Waals surface area contributed by atoms with Gasteiger partial charge in [-0.25, -0.2) is 4.98 Å². The third-order valence-electron chi connectivity index (χ3n) is 2.52. The standard InChI is InChI=1S/C12H14F3N3/c1-8(2)16-5-10-7-18-6-9(12(13,14)15)3-4-11(18)17-10/h3-4,6-8,16H,5H2,1-2H3. The molecular weight excluding hydrogens is 243 g/mol. The molecular formula is C12H14F3N3. The van der Waals surface area contributed by atoms with E-state index >= 15 is 0 Å². The Morgan fingerprint density at radius 2 is 2.00 bits per heavy atom. The van der Waals surface area contributed by atoms with Crippen molar-refractivity contribution in [3.05, 3.63) is 35.8 Å². The summed E-state index contributed by atoms with van der Waals surface area (Å²) in [6.45, 7) is 4.54. The molecule has 0 spiro atoms. The van der Waals surface area contributed by atoms with Crippen molar-refractivity contribution >= 4 is 5.65 Å². The molecule has 2 aromatic heterocycles. The van der Waals surface area contributed by atoms with Gasteiger partial charge in [-0.05, 0) is 12.1 Å². The molecule has 3 nitrogen and oxygen atoms in total. The normalized spacial score (nSPS) is 12.6. The molecule has 0 aliphatic rings. The number of rotatable bonds is 3. The zero-order valence-corrected chi connectivity index (χ0v) is 10.1.